The molecule has 1 aliphatic heterocycles. The molecule has 9 aromatic carbocycles. The first-order chi connectivity index (χ1) is 30.2. The molecule has 0 bridgehead atoms. The number of aliphatic imine (C=N–C) groups is 2. The Morgan fingerprint density at radius 3 is 2.05 bits per heavy atom. The molecule has 13 rings (SSSR count). The maximum Gasteiger partial charge on any atom is 0.155 e. The quantitative estimate of drug-likeness (QED) is 0.175. The normalized spacial score (nSPS) is 15.9. The van der Waals surface area contributed by atoms with Crippen LogP contribution in [0.25, 0.3) is 92.9 Å². The molecule has 0 saturated heterocycles. The third-order valence-corrected chi connectivity index (χ3v) is 13.0. The van der Waals surface area contributed by atoms with Crippen molar-refractivity contribution in [2.45, 2.75) is 19.4 Å². The summed E-state index contributed by atoms with van der Waals surface area (Å²) in [5, 5.41) is 11.4. The topological polar surface area (TPSA) is 55.9 Å². The Labute approximate surface area is 350 Å². The summed E-state index contributed by atoms with van der Waals surface area (Å²) in [6, 6.07) is 64.7. The summed E-state index contributed by atoms with van der Waals surface area (Å²) in [6.45, 7) is 2.24. The van der Waals surface area contributed by atoms with Crippen LogP contribution in [0.1, 0.15) is 36.1 Å². The zero-order valence-electron chi connectivity index (χ0n) is 33.3. The fourth-order valence-electron chi connectivity index (χ4n) is 10.1. The van der Waals surface area contributed by atoms with Gasteiger partial charge in [0.2, 0.25) is 0 Å². The fourth-order valence-corrected chi connectivity index (χ4v) is 10.1. The highest BCUT2D eigenvalue weighted by atomic mass is 16.3. The first-order valence-electron chi connectivity index (χ1n) is 21.1. The molecule has 2 atom stereocenters. The number of hydrogen-bond acceptors (Lipinski definition) is 4. The summed E-state index contributed by atoms with van der Waals surface area (Å²) < 4.78 is 15.9. The number of fused-ring (bicyclic) bond motifs is 12. The Kier molecular flexibility index (Phi) is 7.34. The van der Waals surface area contributed by atoms with Gasteiger partial charge in [-0.15, -0.1) is 0 Å². The van der Waals surface area contributed by atoms with Gasteiger partial charge in [-0.3, -0.25) is 4.99 Å². The van der Waals surface area contributed by atoms with E-state index in [0.29, 0.717) is 5.84 Å². The van der Waals surface area contributed by atoms with E-state index in [9.17, 15) is 0 Å². The summed E-state index contributed by atoms with van der Waals surface area (Å²) in [7, 11) is 0. The van der Waals surface area contributed by atoms with Crippen LogP contribution in [-0.2, 0) is 0 Å². The van der Waals surface area contributed by atoms with Crippen LogP contribution in [0.3, 0.4) is 0 Å². The van der Waals surface area contributed by atoms with Crippen LogP contribution in [0, 0.1) is 5.92 Å². The molecular formula is C56H37N3O2. The smallest absolute Gasteiger partial charge is 0.155 e. The molecule has 288 valence electrons. The third kappa shape index (κ3) is 5.14. The molecule has 0 saturated carbocycles. The maximum atomic E-state index is 7.04. The van der Waals surface area contributed by atoms with E-state index in [4.69, 9.17) is 18.8 Å². The second-order valence-corrected chi connectivity index (χ2v) is 16.3. The van der Waals surface area contributed by atoms with Gasteiger partial charge in [0.05, 0.1) is 33.9 Å². The molecule has 61 heavy (non-hydrogen) atoms. The molecule has 0 radical (unpaired) electrons. The molecule has 0 amide bonds. The molecule has 12 aromatic rings. The van der Waals surface area contributed by atoms with E-state index >= 15 is 0 Å². The highest BCUT2D eigenvalue weighted by molar-refractivity contribution is 6.22. The number of para-hydroxylation sites is 2. The van der Waals surface area contributed by atoms with E-state index in [-0.39, 0.29) is 12.0 Å². The van der Waals surface area contributed by atoms with Crippen LogP contribution in [0.15, 0.2) is 201 Å². The molecule has 3 aromatic heterocycles. The van der Waals surface area contributed by atoms with Crippen molar-refractivity contribution in [1.29, 1.82) is 0 Å². The van der Waals surface area contributed by atoms with E-state index in [1.165, 1.54) is 21.5 Å². The lowest BCUT2D eigenvalue weighted by molar-refractivity contribution is 0.532. The molecule has 0 N–H and O–H groups in total. The van der Waals surface area contributed by atoms with Crippen molar-refractivity contribution >= 4 is 98.8 Å². The van der Waals surface area contributed by atoms with Crippen molar-refractivity contribution in [2.24, 2.45) is 15.9 Å². The maximum absolute atomic E-state index is 7.04. The predicted octanol–water partition coefficient (Wildman–Crippen LogP) is 14.9. The average Bonchev–Trinajstić information content (AvgIpc) is 3.99. The van der Waals surface area contributed by atoms with Crippen LogP contribution in [-0.4, -0.2) is 16.1 Å². The zero-order valence-corrected chi connectivity index (χ0v) is 33.3. The number of rotatable bonds is 5. The highest BCUT2D eigenvalue weighted by Crippen LogP contribution is 2.44. The minimum Gasteiger partial charge on any atom is -0.456 e. The largest absolute Gasteiger partial charge is 0.456 e. The minimum atomic E-state index is -0.205. The number of amidine groups is 1. The first-order valence-corrected chi connectivity index (χ1v) is 21.1. The van der Waals surface area contributed by atoms with Crippen LogP contribution in [0.4, 0.5) is 0 Å². The number of aromatic nitrogens is 1. The van der Waals surface area contributed by atoms with Crippen LogP contribution in [0.5, 0.6) is 0 Å². The molecule has 0 spiro atoms. The van der Waals surface area contributed by atoms with Crippen LogP contribution < -0.4 is 0 Å². The standard InChI is InChI=1S/C56H37N3O2/c1-2-39-53(34-15-4-3-5-16-34)57-56(58-54(39)37-25-26-43-42-21-11-13-23-49(42)60-50(43)31-37)38-30-48(52-44-27-24-33-14-8-9-19-40(33)55(44)61-51(52)32-38)59-46-22-12-10-20-41(46)45-28-35-17-6-7-18-36(35)29-47(45)59/h3-32,39,54H,2H2,1H3. The second-order valence-electron chi connectivity index (χ2n) is 16.3. The van der Waals surface area contributed by atoms with E-state index in [2.05, 4.69) is 181 Å². The minimum absolute atomic E-state index is 0.0411. The Bertz CT molecular complexity index is 3830. The summed E-state index contributed by atoms with van der Waals surface area (Å²) in [5.74, 6) is 0.720. The Morgan fingerprint density at radius 1 is 0.492 bits per heavy atom. The van der Waals surface area contributed by atoms with Gasteiger partial charge in [-0.2, -0.15) is 0 Å². The van der Waals surface area contributed by atoms with Crippen molar-refractivity contribution in [3.63, 3.8) is 0 Å². The lowest BCUT2D eigenvalue weighted by Gasteiger charge is -2.30. The molecule has 4 heterocycles. The Morgan fingerprint density at radius 2 is 1.20 bits per heavy atom. The summed E-state index contributed by atoms with van der Waals surface area (Å²) in [5.41, 5.74) is 10.8. The number of hydrogen-bond donors (Lipinski definition) is 0. The zero-order chi connectivity index (χ0) is 40.2. The molecule has 0 fully saturated rings. The van der Waals surface area contributed by atoms with Crippen molar-refractivity contribution < 1.29 is 8.83 Å². The number of nitrogens with zero attached hydrogens (tertiary/aromatic N) is 3. The lowest BCUT2D eigenvalue weighted by Crippen LogP contribution is -2.28. The molecule has 5 nitrogen and oxygen atoms in total. The lowest BCUT2D eigenvalue weighted by atomic mass is 9.83. The fraction of sp³-hybridized carbons (Fsp3) is 0.0714. The average molecular weight is 784 g/mol. The van der Waals surface area contributed by atoms with E-state index in [0.717, 1.165) is 100 Å². The van der Waals surface area contributed by atoms with Crippen molar-refractivity contribution in [1.82, 2.24) is 4.57 Å². The van der Waals surface area contributed by atoms with E-state index in [1.807, 2.05) is 12.1 Å². The van der Waals surface area contributed by atoms with E-state index in [1.54, 1.807) is 0 Å². The summed E-state index contributed by atoms with van der Waals surface area (Å²) in [4.78, 5) is 11.2. The van der Waals surface area contributed by atoms with Gasteiger partial charge in [-0.1, -0.05) is 140 Å². The molecule has 5 heteroatoms. The molecule has 1 aliphatic rings. The van der Waals surface area contributed by atoms with Gasteiger partial charge < -0.3 is 13.4 Å². The van der Waals surface area contributed by atoms with Crippen molar-refractivity contribution in [2.75, 3.05) is 0 Å². The molecular weight excluding hydrogens is 747 g/mol. The molecule has 2 unspecified atom stereocenters. The van der Waals surface area contributed by atoms with Gasteiger partial charge >= 0.3 is 0 Å². The second kappa shape index (κ2) is 13.1. The van der Waals surface area contributed by atoms with Gasteiger partial charge in [0.25, 0.3) is 0 Å². The molecule has 0 aliphatic carbocycles. The van der Waals surface area contributed by atoms with Crippen molar-refractivity contribution in [3.05, 3.63) is 199 Å². The predicted molar refractivity (Wildman–Crippen MR) is 253 cm³/mol. The van der Waals surface area contributed by atoms with Crippen LogP contribution in [0.2, 0.25) is 0 Å². The summed E-state index contributed by atoms with van der Waals surface area (Å²) in [6.07, 6.45) is 0.865. The number of benzene rings is 9. The van der Waals surface area contributed by atoms with Gasteiger partial charge in [-0.25, -0.2) is 4.99 Å². The van der Waals surface area contributed by atoms with E-state index < -0.39 is 0 Å². The highest BCUT2D eigenvalue weighted by Gasteiger charge is 2.33. The third-order valence-electron chi connectivity index (χ3n) is 13.0. The summed E-state index contributed by atoms with van der Waals surface area (Å²) >= 11 is 0. The SMILES string of the molecule is CCC1C(c2ccccc2)=NC(c2cc(-n3c4ccccc4c4cc5ccccc5cc43)c3c(c2)oc2c4ccccc4ccc23)=NC1c1ccc2c(c1)oc1ccccc12. The van der Waals surface area contributed by atoms with Gasteiger partial charge in [0.15, 0.2) is 5.84 Å². The van der Waals surface area contributed by atoms with Crippen LogP contribution >= 0.6 is 0 Å². The monoisotopic (exact) mass is 783 g/mol. The van der Waals surface area contributed by atoms with Gasteiger partial charge in [-0.05, 0) is 82.2 Å². The van der Waals surface area contributed by atoms with Gasteiger partial charge in [0.1, 0.15) is 22.3 Å². The van der Waals surface area contributed by atoms with Gasteiger partial charge in [0, 0.05) is 43.8 Å². The number of furan rings is 2. The van der Waals surface area contributed by atoms with Crippen molar-refractivity contribution in [3.8, 4) is 5.69 Å². The Balaban J connectivity index is 1.12. The Hall–Kier alpha value is -7.76. The first kappa shape index (κ1) is 34.1.